The lowest BCUT2D eigenvalue weighted by atomic mass is 10.1. The topological polar surface area (TPSA) is 115 Å². The minimum atomic E-state index is -0.384. The number of piperazine rings is 1. The molecule has 0 unspecified atom stereocenters. The Balaban J connectivity index is 1.20. The molecule has 3 heterocycles. The van der Waals surface area contributed by atoms with Gasteiger partial charge in [0.25, 0.3) is 5.91 Å². The van der Waals surface area contributed by atoms with Crippen molar-refractivity contribution >= 4 is 23.2 Å². The first-order valence-corrected chi connectivity index (χ1v) is 10.8. The number of carbonyl (C=O) groups is 2. The Bertz CT molecular complexity index is 1010. The van der Waals surface area contributed by atoms with Gasteiger partial charge in [-0.2, -0.15) is 4.98 Å². The molecule has 9 nitrogen and oxygen atoms in total. The van der Waals surface area contributed by atoms with Gasteiger partial charge in [-0.25, -0.2) is 0 Å². The zero-order valence-electron chi connectivity index (χ0n) is 16.9. The highest BCUT2D eigenvalue weighted by Crippen LogP contribution is 2.21. The van der Waals surface area contributed by atoms with Crippen molar-refractivity contribution in [2.45, 2.75) is 13.0 Å². The summed E-state index contributed by atoms with van der Waals surface area (Å²) in [6, 6.07) is 10.9. The van der Waals surface area contributed by atoms with Crippen molar-refractivity contribution in [3.05, 3.63) is 53.2 Å². The first-order chi connectivity index (χ1) is 15.1. The Kier molecular flexibility index (Phi) is 6.58. The first-order valence-electron chi connectivity index (χ1n) is 9.93. The third-order valence-electron chi connectivity index (χ3n) is 4.96. The van der Waals surface area contributed by atoms with Gasteiger partial charge in [-0.15, -0.1) is 11.3 Å². The van der Waals surface area contributed by atoms with Gasteiger partial charge < -0.3 is 19.9 Å². The summed E-state index contributed by atoms with van der Waals surface area (Å²) >= 11 is 1.57. The maximum absolute atomic E-state index is 12.5. The number of primary amides is 1. The summed E-state index contributed by atoms with van der Waals surface area (Å²) in [4.78, 5) is 32.8. The Hall–Kier alpha value is -3.24. The molecule has 2 aromatic heterocycles. The molecular formula is C21H23N5O4S. The molecule has 1 aliphatic rings. The molecule has 0 radical (unpaired) electrons. The molecular weight excluding hydrogens is 418 g/mol. The average molecular weight is 442 g/mol. The van der Waals surface area contributed by atoms with E-state index in [9.17, 15) is 9.59 Å². The number of benzene rings is 1. The number of hydrogen-bond acceptors (Lipinski definition) is 8. The molecule has 1 aromatic carbocycles. The molecule has 3 aromatic rings. The molecule has 162 valence electrons. The summed E-state index contributed by atoms with van der Waals surface area (Å²) in [6.45, 7) is 3.23. The number of aromatic nitrogens is 2. The van der Waals surface area contributed by atoms with E-state index in [1.54, 1.807) is 40.5 Å². The van der Waals surface area contributed by atoms with E-state index in [4.69, 9.17) is 15.0 Å². The van der Waals surface area contributed by atoms with E-state index < -0.39 is 0 Å². The molecule has 0 atom stereocenters. The minimum Gasteiger partial charge on any atom is -0.484 e. The van der Waals surface area contributed by atoms with Crippen LogP contribution in [0.25, 0.3) is 10.7 Å². The van der Waals surface area contributed by atoms with Crippen LogP contribution < -0.4 is 10.5 Å². The largest absolute Gasteiger partial charge is 0.484 e. The van der Waals surface area contributed by atoms with Gasteiger partial charge in [0.2, 0.25) is 17.6 Å². The smallest absolute Gasteiger partial charge is 0.260 e. The standard InChI is InChI=1S/C21H23N5O4S/c22-18(27)12-15-3-5-16(6-4-15)29-14-20(28)26-9-7-25(8-10-26)13-19-23-21(24-30-19)17-2-1-11-31-17/h1-6,11H,7-10,12-14H2,(H2,22,27). The van der Waals surface area contributed by atoms with Crippen LogP contribution in [-0.2, 0) is 22.6 Å². The molecule has 0 saturated carbocycles. The molecule has 0 aliphatic carbocycles. The van der Waals surface area contributed by atoms with Gasteiger partial charge in [0.15, 0.2) is 6.61 Å². The van der Waals surface area contributed by atoms with Crippen LogP contribution in [0, 0.1) is 0 Å². The van der Waals surface area contributed by atoms with Crippen molar-refractivity contribution in [1.29, 1.82) is 0 Å². The molecule has 31 heavy (non-hydrogen) atoms. The fraction of sp³-hybridized carbons (Fsp3) is 0.333. The number of rotatable bonds is 8. The Morgan fingerprint density at radius 3 is 2.58 bits per heavy atom. The molecule has 4 rings (SSSR count). The summed E-state index contributed by atoms with van der Waals surface area (Å²) in [7, 11) is 0. The molecule has 0 spiro atoms. The summed E-state index contributed by atoms with van der Waals surface area (Å²) < 4.78 is 10.9. The van der Waals surface area contributed by atoms with Crippen molar-refractivity contribution in [1.82, 2.24) is 19.9 Å². The fourth-order valence-corrected chi connectivity index (χ4v) is 3.96. The lowest BCUT2D eigenvalue weighted by molar-refractivity contribution is -0.135. The second-order valence-corrected chi connectivity index (χ2v) is 8.17. The number of carbonyl (C=O) groups excluding carboxylic acids is 2. The second-order valence-electron chi connectivity index (χ2n) is 7.22. The van der Waals surface area contributed by atoms with Crippen LogP contribution in [-0.4, -0.2) is 64.5 Å². The third-order valence-corrected chi connectivity index (χ3v) is 5.82. The molecule has 10 heteroatoms. The predicted octanol–water partition coefficient (Wildman–Crippen LogP) is 1.55. The number of nitrogens with zero attached hydrogens (tertiary/aromatic N) is 4. The van der Waals surface area contributed by atoms with E-state index in [1.165, 1.54) is 0 Å². The van der Waals surface area contributed by atoms with Gasteiger partial charge in [0, 0.05) is 26.2 Å². The van der Waals surface area contributed by atoms with E-state index in [0.29, 0.717) is 37.1 Å². The van der Waals surface area contributed by atoms with Gasteiger partial charge in [-0.1, -0.05) is 23.4 Å². The molecule has 1 aliphatic heterocycles. The summed E-state index contributed by atoms with van der Waals surface area (Å²) in [5.41, 5.74) is 5.99. The van der Waals surface area contributed by atoms with Crippen LogP contribution in [0.15, 0.2) is 46.3 Å². The monoisotopic (exact) mass is 441 g/mol. The first kappa shape index (κ1) is 21.0. The summed E-state index contributed by atoms with van der Waals surface area (Å²) in [6.07, 6.45) is 0.183. The zero-order valence-corrected chi connectivity index (χ0v) is 17.7. The SMILES string of the molecule is NC(=O)Cc1ccc(OCC(=O)N2CCN(Cc3nc(-c4cccs4)no3)CC2)cc1. The molecule has 1 saturated heterocycles. The van der Waals surface area contributed by atoms with Crippen molar-refractivity contribution in [3.63, 3.8) is 0 Å². The minimum absolute atomic E-state index is 0.0248. The van der Waals surface area contributed by atoms with Crippen LogP contribution in [0.5, 0.6) is 5.75 Å². The number of amides is 2. The third kappa shape index (κ3) is 5.68. The normalized spacial score (nSPS) is 14.5. The zero-order chi connectivity index (χ0) is 21.6. The Morgan fingerprint density at radius 1 is 1.13 bits per heavy atom. The molecule has 2 N–H and O–H groups in total. The highest BCUT2D eigenvalue weighted by atomic mass is 32.1. The lowest BCUT2D eigenvalue weighted by Crippen LogP contribution is -2.49. The van der Waals surface area contributed by atoms with E-state index in [0.717, 1.165) is 23.5 Å². The Labute approximate surface area is 183 Å². The van der Waals surface area contributed by atoms with E-state index >= 15 is 0 Å². The van der Waals surface area contributed by atoms with Crippen molar-refractivity contribution in [2.24, 2.45) is 5.73 Å². The van der Waals surface area contributed by atoms with Crippen LogP contribution >= 0.6 is 11.3 Å². The average Bonchev–Trinajstić information content (AvgIpc) is 3.45. The van der Waals surface area contributed by atoms with Crippen LogP contribution in [0.3, 0.4) is 0 Å². The number of thiophene rings is 1. The van der Waals surface area contributed by atoms with Gasteiger partial charge in [-0.05, 0) is 29.1 Å². The fourth-order valence-electron chi connectivity index (χ4n) is 3.31. The molecule has 2 amide bonds. The van der Waals surface area contributed by atoms with Crippen LogP contribution in [0.1, 0.15) is 11.5 Å². The quantitative estimate of drug-likeness (QED) is 0.564. The summed E-state index contributed by atoms with van der Waals surface area (Å²) in [5, 5.41) is 6.01. The lowest BCUT2D eigenvalue weighted by Gasteiger charge is -2.33. The molecule has 0 bridgehead atoms. The van der Waals surface area contributed by atoms with Gasteiger partial charge in [-0.3, -0.25) is 14.5 Å². The highest BCUT2D eigenvalue weighted by molar-refractivity contribution is 7.13. The Morgan fingerprint density at radius 2 is 1.90 bits per heavy atom. The van der Waals surface area contributed by atoms with E-state index in [-0.39, 0.29) is 24.8 Å². The van der Waals surface area contributed by atoms with Crippen molar-refractivity contribution < 1.29 is 18.8 Å². The van der Waals surface area contributed by atoms with E-state index in [1.807, 2.05) is 17.5 Å². The predicted molar refractivity (Wildman–Crippen MR) is 114 cm³/mol. The number of nitrogens with two attached hydrogens (primary N) is 1. The van der Waals surface area contributed by atoms with Gasteiger partial charge in [0.1, 0.15) is 5.75 Å². The second kappa shape index (κ2) is 9.71. The van der Waals surface area contributed by atoms with E-state index in [2.05, 4.69) is 15.0 Å². The van der Waals surface area contributed by atoms with Gasteiger partial charge >= 0.3 is 0 Å². The molecule has 1 fully saturated rings. The highest BCUT2D eigenvalue weighted by Gasteiger charge is 2.23. The maximum Gasteiger partial charge on any atom is 0.260 e. The van der Waals surface area contributed by atoms with Crippen molar-refractivity contribution in [3.8, 4) is 16.5 Å². The van der Waals surface area contributed by atoms with Crippen LogP contribution in [0.2, 0.25) is 0 Å². The maximum atomic E-state index is 12.5. The summed E-state index contributed by atoms with van der Waals surface area (Å²) in [5.74, 6) is 1.33. The van der Waals surface area contributed by atoms with Crippen molar-refractivity contribution in [2.75, 3.05) is 32.8 Å². The number of ether oxygens (including phenoxy) is 1. The number of hydrogen-bond donors (Lipinski definition) is 1. The van der Waals surface area contributed by atoms with Crippen LogP contribution in [0.4, 0.5) is 0 Å². The van der Waals surface area contributed by atoms with Gasteiger partial charge in [0.05, 0.1) is 17.8 Å².